The van der Waals surface area contributed by atoms with Gasteiger partial charge >= 0.3 is 0 Å². The minimum atomic E-state index is -3.78. The molecule has 29 heavy (non-hydrogen) atoms. The molecular formula is C20H24FN3O4S. The Labute approximate surface area is 169 Å². The monoisotopic (exact) mass is 421 g/mol. The zero-order valence-electron chi connectivity index (χ0n) is 16.4. The standard InChI is InChI=1S/C20H24FN3O4S/c1-3-23(12-14-4-7-19(28-2)17(21)10-14)13-20(25)24-9-8-15-11-16(29(22,26)27)5-6-18(15)24/h4-7,10-11H,3,8-9,12-13H2,1-2H3,(H2,22,26,27). The van der Waals surface area contributed by atoms with Crippen LogP contribution in [0.1, 0.15) is 18.1 Å². The third-order valence-corrected chi connectivity index (χ3v) is 5.92. The van der Waals surface area contributed by atoms with Gasteiger partial charge in [-0.15, -0.1) is 0 Å². The number of fused-ring (bicyclic) bond motifs is 1. The Bertz CT molecular complexity index is 1030. The number of carbonyl (C=O) groups excluding carboxylic acids is 1. The summed E-state index contributed by atoms with van der Waals surface area (Å²) in [6.45, 7) is 3.62. The van der Waals surface area contributed by atoms with Crippen LogP contribution in [0.2, 0.25) is 0 Å². The molecule has 2 aromatic rings. The van der Waals surface area contributed by atoms with Crippen LogP contribution in [-0.2, 0) is 27.8 Å². The Balaban J connectivity index is 1.71. The van der Waals surface area contributed by atoms with Gasteiger partial charge in [0.2, 0.25) is 15.9 Å². The molecule has 1 aliphatic heterocycles. The number of benzene rings is 2. The van der Waals surface area contributed by atoms with Gasteiger partial charge in [0.15, 0.2) is 11.6 Å². The number of amides is 1. The molecule has 7 nitrogen and oxygen atoms in total. The predicted molar refractivity (Wildman–Crippen MR) is 108 cm³/mol. The number of methoxy groups -OCH3 is 1. The summed E-state index contributed by atoms with van der Waals surface area (Å²) in [5, 5.41) is 5.18. The van der Waals surface area contributed by atoms with E-state index in [1.807, 2.05) is 11.8 Å². The highest BCUT2D eigenvalue weighted by molar-refractivity contribution is 7.89. The van der Waals surface area contributed by atoms with E-state index < -0.39 is 15.8 Å². The maximum Gasteiger partial charge on any atom is 0.241 e. The Kier molecular flexibility index (Phi) is 6.21. The normalized spacial score (nSPS) is 13.6. The predicted octanol–water partition coefficient (Wildman–Crippen LogP) is 1.89. The van der Waals surface area contributed by atoms with Crippen molar-refractivity contribution in [1.29, 1.82) is 0 Å². The van der Waals surface area contributed by atoms with Crippen molar-refractivity contribution in [1.82, 2.24) is 4.90 Å². The summed E-state index contributed by atoms with van der Waals surface area (Å²) in [5.74, 6) is -0.352. The molecule has 0 atom stereocenters. The summed E-state index contributed by atoms with van der Waals surface area (Å²) in [6, 6.07) is 9.31. The number of nitrogens with zero attached hydrogens (tertiary/aromatic N) is 2. The van der Waals surface area contributed by atoms with Gasteiger partial charge in [-0.2, -0.15) is 0 Å². The second-order valence-electron chi connectivity index (χ2n) is 6.90. The van der Waals surface area contributed by atoms with Crippen molar-refractivity contribution in [2.24, 2.45) is 5.14 Å². The van der Waals surface area contributed by atoms with E-state index in [0.717, 1.165) is 11.1 Å². The van der Waals surface area contributed by atoms with Crippen molar-refractivity contribution in [3.8, 4) is 5.75 Å². The van der Waals surface area contributed by atoms with Gasteiger partial charge in [-0.3, -0.25) is 9.69 Å². The number of hydrogen-bond acceptors (Lipinski definition) is 5. The van der Waals surface area contributed by atoms with Crippen molar-refractivity contribution in [3.05, 3.63) is 53.3 Å². The first kappa shape index (κ1) is 21.2. The molecule has 0 saturated carbocycles. The molecule has 0 unspecified atom stereocenters. The van der Waals surface area contributed by atoms with Gasteiger partial charge in [-0.25, -0.2) is 17.9 Å². The molecule has 2 N–H and O–H groups in total. The topological polar surface area (TPSA) is 92.9 Å². The number of nitrogens with two attached hydrogens (primary N) is 1. The van der Waals surface area contributed by atoms with Crippen molar-refractivity contribution < 1.29 is 22.3 Å². The molecule has 0 saturated heterocycles. The average Bonchev–Trinajstić information content (AvgIpc) is 3.10. The second-order valence-corrected chi connectivity index (χ2v) is 8.46. The van der Waals surface area contributed by atoms with Crippen LogP contribution in [0.5, 0.6) is 5.75 Å². The van der Waals surface area contributed by atoms with E-state index >= 15 is 0 Å². The number of anilines is 1. The first-order valence-electron chi connectivity index (χ1n) is 9.23. The summed E-state index contributed by atoms with van der Waals surface area (Å²) >= 11 is 0. The molecule has 0 bridgehead atoms. The molecule has 1 amide bonds. The van der Waals surface area contributed by atoms with E-state index in [0.29, 0.717) is 31.7 Å². The fourth-order valence-electron chi connectivity index (χ4n) is 3.44. The van der Waals surface area contributed by atoms with Crippen molar-refractivity contribution in [3.63, 3.8) is 0 Å². The van der Waals surface area contributed by atoms with Gasteiger partial charge in [0.05, 0.1) is 18.6 Å². The van der Waals surface area contributed by atoms with E-state index in [9.17, 15) is 17.6 Å². The second kappa shape index (κ2) is 8.48. The lowest BCUT2D eigenvalue weighted by Crippen LogP contribution is -2.39. The summed E-state index contributed by atoms with van der Waals surface area (Å²) in [6.07, 6.45) is 0.570. The van der Waals surface area contributed by atoms with Gasteiger partial charge in [-0.05, 0) is 54.4 Å². The largest absolute Gasteiger partial charge is 0.494 e. The van der Waals surface area contributed by atoms with Gasteiger partial charge in [0, 0.05) is 18.8 Å². The van der Waals surface area contributed by atoms with Crippen LogP contribution < -0.4 is 14.8 Å². The summed E-state index contributed by atoms with van der Waals surface area (Å²) < 4.78 is 41.9. The molecule has 0 fully saturated rings. The summed E-state index contributed by atoms with van der Waals surface area (Å²) in [4.78, 5) is 16.5. The van der Waals surface area contributed by atoms with Crippen LogP contribution in [0, 0.1) is 5.82 Å². The highest BCUT2D eigenvalue weighted by atomic mass is 32.2. The Morgan fingerprint density at radius 1 is 1.28 bits per heavy atom. The van der Waals surface area contributed by atoms with Gasteiger partial charge in [0.1, 0.15) is 0 Å². The molecule has 0 radical (unpaired) electrons. The van der Waals surface area contributed by atoms with E-state index in [4.69, 9.17) is 9.88 Å². The fourth-order valence-corrected chi connectivity index (χ4v) is 4.00. The lowest BCUT2D eigenvalue weighted by molar-refractivity contribution is -0.119. The van der Waals surface area contributed by atoms with Crippen LogP contribution in [0.4, 0.5) is 10.1 Å². The smallest absolute Gasteiger partial charge is 0.241 e. The number of halogens is 1. The minimum Gasteiger partial charge on any atom is -0.494 e. The lowest BCUT2D eigenvalue weighted by Gasteiger charge is -2.24. The molecule has 156 valence electrons. The first-order valence-corrected chi connectivity index (χ1v) is 10.8. The Hall–Kier alpha value is -2.49. The molecule has 3 rings (SSSR count). The molecule has 9 heteroatoms. The Morgan fingerprint density at radius 3 is 2.66 bits per heavy atom. The maximum atomic E-state index is 13.9. The average molecular weight is 421 g/mol. The van der Waals surface area contributed by atoms with E-state index in [1.165, 1.54) is 25.3 Å². The summed E-state index contributed by atoms with van der Waals surface area (Å²) in [5.41, 5.74) is 2.23. The summed E-state index contributed by atoms with van der Waals surface area (Å²) in [7, 11) is -2.37. The minimum absolute atomic E-state index is 0.0438. The Morgan fingerprint density at radius 2 is 2.03 bits per heavy atom. The SMILES string of the molecule is CCN(CC(=O)N1CCc2cc(S(N)(=O)=O)ccc21)Cc1ccc(OC)c(F)c1. The van der Waals surface area contributed by atoms with Crippen LogP contribution >= 0.6 is 0 Å². The van der Waals surface area contributed by atoms with E-state index in [1.54, 1.807) is 23.1 Å². The number of rotatable bonds is 7. The van der Waals surface area contributed by atoms with Crippen LogP contribution in [0.15, 0.2) is 41.3 Å². The zero-order chi connectivity index (χ0) is 21.2. The number of likely N-dealkylation sites (N-methyl/N-ethyl adjacent to an activating group) is 1. The van der Waals surface area contributed by atoms with Crippen molar-refractivity contribution >= 4 is 21.6 Å². The molecule has 0 spiro atoms. The number of carbonyl (C=O) groups is 1. The van der Waals surface area contributed by atoms with Gasteiger partial charge in [-0.1, -0.05) is 13.0 Å². The third-order valence-electron chi connectivity index (χ3n) is 5.00. The molecule has 2 aromatic carbocycles. The number of primary sulfonamides is 1. The maximum absolute atomic E-state index is 13.9. The highest BCUT2D eigenvalue weighted by Crippen LogP contribution is 2.30. The van der Waals surface area contributed by atoms with Gasteiger partial charge in [0.25, 0.3) is 0 Å². The first-order chi connectivity index (χ1) is 13.7. The van der Waals surface area contributed by atoms with Gasteiger partial charge < -0.3 is 9.64 Å². The number of ether oxygens (including phenoxy) is 1. The molecule has 0 aliphatic carbocycles. The lowest BCUT2D eigenvalue weighted by atomic mass is 10.2. The molecule has 1 aliphatic rings. The van der Waals surface area contributed by atoms with E-state index in [2.05, 4.69) is 0 Å². The number of hydrogen-bond donors (Lipinski definition) is 1. The quantitative estimate of drug-likeness (QED) is 0.737. The van der Waals surface area contributed by atoms with Crippen LogP contribution in [0.25, 0.3) is 0 Å². The zero-order valence-corrected chi connectivity index (χ0v) is 17.2. The molecule has 1 heterocycles. The van der Waals surface area contributed by atoms with Crippen molar-refractivity contribution in [2.75, 3.05) is 31.6 Å². The highest BCUT2D eigenvalue weighted by Gasteiger charge is 2.27. The van der Waals surface area contributed by atoms with Crippen molar-refractivity contribution in [2.45, 2.75) is 24.8 Å². The van der Waals surface area contributed by atoms with E-state index in [-0.39, 0.29) is 23.1 Å². The third kappa shape index (κ3) is 4.75. The van der Waals surface area contributed by atoms with Crippen LogP contribution in [-0.4, -0.2) is 46.0 Å². The molecular weight excluding hydrogens is 397 g/mol. The molecule has 0 aromatic heterocycles. The number of sulfonamides is 1. The van der Waals surface area contributed by atoms with Crippen LogP contribution in [0.3, 0.4) is 0 Å². The fraction of sp³-hybridized carbons (Fsp3) is 0.350.